The van der Waals surface area contributed by atoms with Gasteiger partial charge in [-0.3, -0.25) is 4.79 Å². The fourth-order valence-corrected chi connectivity index (χ4v) is 4.36. The Labute approximate surface area is 118 Å². The largest absolute Gasteiger partial charge is 0.496 e. The third kappa shape index (κ3) is 2.65. The molecule has 0 saturated carbocycles. The number of sulfone groups is 1. The number of Topliss-reactive ketones (excluding diaryl/α,β-unsaturated/α-hetero) is 1. The van der Waals surface area contributed by atoms with Crippen LogP contribution in [0.2, 0.25) is 0 Å². The van der Waals surface area contributed by atoms with Gasteiger partial charge < -0.3 is 9.47 Å². The summed E-state index contributed by atoms with van der Waals surface area (Å²) in [5, 5.41) is -0.985. The average molecular weight is 298 g/mol. The van der Waals surface area contributed by atoms with Crippen molar-refractivity contribution in [2.45, 2.75) is 24.5 Å². The molecule has 1 unspecified atom stereocenters. The molecule has 0 N–H and O–H groups in total. The maximum Gasteiger partial charge on any atom is 0.188 e. The molecule has 1 aromatic carbocycles. The molecule has 1 heterocycles. The van der Waals surface area contributed by atoms with Crippen LogP contribution in [0.25, 0.3) is 0 Å². The second-order valence-electron chi connectivity index (χ2n) is 4.75. The Morgan fingerprint density at radius 3 is 2.25 bits per heavy atom. The first-order valence-corrected chi connectivity index (χ1v) is 8.19. The van der Waals surface area contributed by atoms with Crippen LogP contribution in [-0.4, -0.2) is 39.4 Å². The van der Waals surface area contributed by atoms with Crippen LogP contribution in [-0.2, 0) is 9.84 Å². The maximum atomic E-state index is 12.6. The molecule has 0 spiro atoms. The van der Waals surface area contributed by atoms with Crippen molar-refractivity contribution in [1.82, 2.24) is 0 Å². The van der Waals surface area contributed by atoms with Crippen LogP contribution in [0.5, 0.6) is 11.5 Å². The van der Waals surface area contributed by atoms with Crippen molar-refractivity contribution < 1.29 is 22.7 Å². The average Bonchev–Trinajstić information content (AvgIpc) is 2.45. The lowest BCUT2D eigenvalue weighted by atomic mass is 10.0. The fraction of sp³-hybridized carbons (Fsp3) is 0.500. The second kappa shape index (κ2) is 5.83. The van der Waals surface area contributed by atoms with Crippen LogP contribution >= 0.6 is 0 Å². The highest BCUT2D eigenvalue weighted by Crippen LogP contribution is 2.33. The lowest BCUT2D eigenvalue weighted by Crippen LogP contribution is -2.35. The molecule has 1 saturated heterocycles. The van der Waals surface area contributed by atoms with Gasteiger partial charge in [0.2, 0.25) is 0 Å². The van der Waals surface area contributed by atoms with Crippen LogP contribution in [0.1, 0.15) is 29.6 Å². The van der Waals surface area contributed by atoms with Gasteiger partial charge in [-0.15, -0.1) is 0 Å². The standard InChI is InChI=1S/C14H18O5S/c1-18-10-6-5-7-11(19-2)13(10)14(15)12-8-3-4-9-20(12,16)17/h5-7,12H,3-4,8-9H2,1-2H3. The second-order valence-corrected chi connectivity index (χ2v) is 7.06. The molecule has 110 valence electrons. The van der Waals surface area contributed by atoms with Crippen molar-refractivity contribution >= 4 is 15.6 Å². The smallest absolute Gasteiger partial charge is 0.188 e. The third-order valence-corrected chi connectivity index (χ3v) is 5.72. The number of carbonyl (C=O) groups is 1. The van der Waals surface area contributed by atoms with Crippen molar-refractivity contribution in [3.05, 3.63) is 23.8 Å². The van der Waals surface area contributed by atoms with Gasteiger partial charge in [0.15, 0.2) is 15.6 Å². The molecule has 0 aliphatic carbocycles. The SMILES string of the molecule is COc1cccc(OC)c1C(=O)C1CCCCS1(=O)=O. The van der Waals surface area contributed by atoms with Gasteiger partial charge >= 0.3 is 0 Å². The quantitative estimate of drug-likeness (QED) is 0.793. The van der Waals surface area contributed by atoms with Gasteiger partial charge in [-0.25, -0.2) is 8.42 Å². The van der Waals surface area contributed by atoms with Crippen molar-refractivity contribution in [3.8, 4) is 11.5 Å². The summed E-state index contributed by atoms with van der Waals surface area (Å²) in [6, 6.07) is 4.96. The number of ketones is 1. The molecule has 1 atom stereocenters. The molecule has 1 aliphatic rings. The van der Waals surface area contributed by atoms with E-state index in [0.717, 1.165) is 6.42 Å². The van der Waals surface area contributed by atoms with Gasteiger partial charge in [-0.2, -0.15) is 0 Å². The van der Waals surface area contributed by atoms with Crippen LogP contribution < -0.4 is 9.47 Å². The van der Waals surface area contributed by atoms with Gasteiger partial charge in [0.1, 0.15) is 22.3 Å². The Bertz CT molecular complexity index is 584. The molecule has 1 fully saturated rings. The molecule has 0 amide bonds. The third-order valence-electron chi connectivity index (χ3n) is 3.55. The number of benzene rings is 1. The van der Waals surface area contributed by atoms with E-state index in [-0.39, 0.29) is 11.3 Å². The van der Waals surface area contributed by atoms with Crippen LogP contribution in [0.3, 0.4) is 0 Å². The molecule has 0 bridgehead atoms. The molecule has 0 aromatic heterocycles. The summed E-state index contributed by atoms with van der Waals surface area (Å²) < 4.78 is 34.5. The van der Waals surface area contributed by atoms with E-state index in [1.54, 1.807) is 18.2 Å². The summed E-state index contributed by atoms with van der Waals surface area (Å²) in [5.74, 6) is 0.324. The molecule has 1 aromatic rings. The van der Waals surface area contributed by atoms with E-state index >= 15 is 0 Å². The Balaban J connectivity index is 2.48. The van der Waals surface area contributed by atoms with Crippen LogP contribution in [0, 0.1) is 0 Å². The van der Waals surface area contributed by atoms with E-state index in [0.29, 0.717) is 24.3 Å². The molecule has 1 aliphatic heterocycles. The first kappa shape index (κ1) is 14.8. The van der Waals surface area contributed by atoms with Crippen molar-refractivity contribution in [3.63, 3.8) is 0 Å². The topological polar surface area (TPSA) is 69.7 Å². The lowest BCUT2D eigenvalue weighted by molar-refractivity contribution is 0.0975. The number of ether oxygens (including phenoxy) is 2. The van der Waals surface area contributed by atoms with Gasteiger partial charge in [-0.05, 0) is 25.0 Å². The lowest BCUT2D eigenvalue weighted by Gasteiger charge is -2.22. The van der Waals surface area contributed by atoms with E-state index in [1.165, 1.54) is 14.2 Å². The predicted molar refractivity (Wildman–Crippen MR) is 75.3 cm³/mol. The Kier molecular flexibility index (Phi) is 4.32. The molecule has 6 heteroatoms. The molecule has 2 rings (SSSR count). The van der Waals surface area contributed by atoms with E-state index in [4.69, 9.17) is 9.47 Å². The number of methoxy groups -OCH3 is 2. The summed E-state index contributed by atoms with van der Waals surface area (Å²) in [6.07, 6.45) is 1.73. The first-order chi connectivity index (χ1) is 9.51. The summed E-state index contributed by atoms with van der Waals surface area (Å²) in [4.78, 5) is 12.6. The normalized spacial score (nSPS) is 21.2. The summed E-state index contributed by atoms with van der Waals surface area (Å²) in [6.45, 7) is 0. The molecule has 5 nitrogen and oxygen atoms in total. The van der Waals surface area contributed by atoms with E-state index in [1.807, 2.05) is 0 Å². The monoisotopic (exact) mass is 298 g/mol. The Morgan fingerprint density at radius 2 is 1.75 bits per heavy atom. The minimum atomic E-state index is -3.38. The maximum absolute atomic E-state index is 12.6. The number of hydrogen-bond donors (Lipinski definition) is 0. The van der Waals surface area contributed by atoms with Crippen LogP contribution in [0.15, 0.2) is 18.2 Å². The predicted octanol–water partition coefficient (Wildman–Crippen LogP) is 1.85. The molecule has 0 radical (unpaired) electrons. The minimum Gasteiger partial charge on any atom is -0.496 e. The fourth-order valence-electron chi connectivity index (χ4n) is 2.50. The Morgan fingerprint density at radius 1 is 1.15 bits per heavy atom. The first-order valence-electron chi connectivity index (χ1n) is 6.48. The van der Waals surface area contributed by atoms with E-state index < -0.39 is 20.9 Å². The summed E-state index contributed by atoms with van der Waals surface area (Å²) in [7, 11) is -0.491. The zero-order valence-electron chi connectivity index (χ0n) is 11.6. The summed E-state index contributed by atoms with van der Waals surface area (Å²) in [5.41, 5.74) is 0.216. The number of hydrogen-bond acceptors (Lipinski definition) is 5. The van der Waals surface area contributed by atoms with Gasteiger partial charge in [0.05, 0.1) is 20.0 Å². The number of carbonyl (C=O) groups excluding carboxylic acids is 1. The highest BCUT2D eigenvalue weighted by molar-refractivity contribution is 7.92. The highest BCUT2D eigenvalue weighted by atomic mass is 32.2. The van der Waals surface area contributed by atoms with Crippen LogP contribution in [0.4, 0.5) is 0 Å². The van der Waals surface area contributed by atoms with Crippen molar-refractivity contribution in [1.29, 1.82) is 0 Å². The van der Waals surface area contributed by atoms with Crippen molar-refractivity contribution in [2.24, 2.45) is 0 Å². The molecular formula is C14H18O5S. The molecule has 20 heavy (non-hydrogen) atoms. The van der Waals surface area contributed by atoms with E-state index in [9.17, 15) is 13.2 Å². The Hall–Kier alpha value is -1.56. The summed E-state index contributed by atoms with van der Waals surface area (Å²) >= 11 is 0. The van der Waals surface area contributed by atoms with Gasteiger partial charge in [-0.1, -0.05) is 12.5 Å². The molecular weight excluding hydrogens is 280 g/mol. The number of rotatable bonds is 4. The highest BCUT2D eigenvalue weighted by Gasteiger charge is 2.37. The zero-order valence-corrected chi connectivity index (χ0v) is 12.4. The van der Waals surface area contributed by atoms with Gasteiger partial charge in [0.25, 0.3) is 0 Å². The zero-order chi connectivity index (χ0) is 14.8. The van der Waals surface area contributed by atoms with Crippen molar-refractivity contribution in [2.75, 3.05) is 20.0 Å². The minimum absolute atomic E-state index is 0.0703. The van der Waals surface area contributed by atoms with Gasteiger partial charge in [0, 0.05) is 0 Å². The van der Waals surface area contributed by atoms with E-state index in [2.05, 4.69) is 0 Å².